The third kappa shape index (κ3) is 4.07. The van der Waals surface area contributed by atoms with Crippen molar-refractivity contribution in [3.63, 3.8) is 0 Å². The van der Waals surface area contributed by atoms with Crippen LogP contribution < -0.4 is 5.32 Å². The second-order valence-corrected chi connectivity index (χ2v) is 10.5. The molecule has 2 unspecified atom stereocenters. The van der Waals surface area contributed by atoms with Crippen LogP contribution in [-0.2, 0) is 0 Å². The number of nitrogens with zero attached hydrogens (tertiary/aromatic N) is 2. The Morgan fingerprint density at radius 3 is 2.29 bits per heavy atom. The van der Waals surface area contributed by atoms with E-state index in [1.54, 1.807) is 0 Å². The molecule has 0 saturated heterocycles. The monoisotopic (exact) mass is 529 g/mol. The molecule has 2 heterocycles. The maximum absolute atomic E-state index is 6.45. The van der Waals surface area contributed by atoms with E-state index in [2.05, 4.69) is 133 Å². The van der Waals surface area contributed by atoms with Gasteiger partial charge in [0.2, 0.25) is 0 Å². The fourth-order valence-electron chi connectivity index (χ4n) is 6.18. The van der Waals surface area contributed by atoms with Crippen LogP contribution in [-0.4, -0.2) is 11.7 Å². The minimum Gasteiger partial charge on any atom is -0.456 e. The molecule has 41 heavy (non-hydrogen) atoms. The van der Waals surface area contributed by atoms with E-state index in [0.29, 0.717) is 0 Å². The summed E-state index contributed by atoms with van der Waals surface area (Å²) < 4.78 is 6.45. The summed E-state index contributed by atoms with van der Waals surface area (Å²) in [5.41, 5.74) is 6.56. The quantitative estimate of drug-likeness (QED) is 0.248. The molecule has 4 heteroatoms. The van der Waals surface area contributed by atoms with Crippen LogP contribution in [0.4, 0.5) is 0 Å². The normalized spacial score (nSPS) is 18.0. The number of fused-ring (bicyclic) bond motifs is 4. The SMILES string of the molecule is C1=Cc2oc3cccc(-c4ccccc4)c3c2C(C2=NC(c3ccccc3)N=C(c3cccc4ccccc34)N2)C1. The van der Waals surface area contributed by atoms with Gasteiger partial charge in [-0.15, -0.1) is 0 Å². The second-order valence-electron chi connectivity index (χ2n) is 10.5. The molecule has 8 rings (SSSR count). The van der Waals surface area contributed by atoms with Crippen molar-refractivity contribution < 1.29 is 4.42 Å². The molecule has 2 aliphatic rings. The Morgan fingerprint density at radius 1 is 0.683 bits per heavy atom. The van der Waals surface area contributed by atoms with E-state index < -0.39 is 0 Å². The highest BCUT2D eigenvalue weighted by Crippen LogP contribution is 2.43. The third-order valence-electron chi connectivity index (χ3n) is 8.09. The van der Waals surface area contributed by atoms with Gasteiger partial charge >= 0.3 is 0 Å². The third-order valence-corrected chi connectivity index (χ3v) is 8.09. The van der Waals surface area contributed by atoms with Crippen molar-refractivity contribution in [1.82, 2.24) is 5.32 Å². The Balaban J connectivity index is 1.31. The summed E-state index contributed by atoms with van der Waals surface area (Å²) in [6.07, 6.45) is 4.78. The minimum atomic E-state index is -0.345. The Labute approximate surface area is 238 Å². The molecule has 0 radical (unpaired) electrons. The Kier molecular flexibility index (Phi) is 5.63. The maximum Gasteiger partial charge on any atom is 0.169 e. The van der Waals surface area contributed by atoms with Gasteiger partial charge in [0.1, 0.15) is 23.0 Å². The molecule has 1 aliphatic heterocycles. The van der Waals surface area contributed by atoms with Crippen molar-refractivity contribution >= 4 is 39.5 Å². The Bertz CT molecular complexity index is 2000. The van der Waals surface area contributed by atoms with Crippen molar-refractivity contribution in [1.29, 1.82) is 0 Å². The Morgan fingerprint density at radius 2 is 1.41 bits per heavy atom. The molecule has 0 bridgehead atoms. The van der Waals surface area contributed by atoms with Gasteiger partial charge in [0.15, 0.2) is 6.17 Å². The van der Waals surface area contributed by atoms with Gasteiger partial charge in [-0.1, -0.05) is 121 Å². The van der Waals surface area contributed by atoms with Gasteiger partial charge in [-0.2, -0.15) is 0 Å². The standard InChI is InChI=1S/C37H27N3O/c1-3-12-25(13-4-1)28-19-10-22-31-33(28)34-30(21-11-23-32(34)41-31)37-39-35(26-15-5-2-6-16-26)38-36(40-37)29-20-9-17-24-14-7-8-18-27(24)29/h1-20,22-23,30,35H,21H2,(H,38,39,40). The van der Waals surface area contributed by atoms with E-state index in [4.69, 9.17) is 14.4 Å². The van der Waals surface area contributed by atoms with E-state index in [9.17, 15) is 0 Å². The molecule has 5 aromatic carbocycles. The average molecular weight is 530 g/mol. The highest BCUT2D eigenvalue weighted by atomic mass is 16.3. The smallest absolute Gasteiger partial charge is 0.169 e. The lowest BCUT2D eigenvalue weighted by atomic mass is 9.85. The molecule has 2 atom stereocenters. The van der Waals surface area contributed by atoms with Gasteiger partial charge in [0.05, 0.1) is 0 Å². The summed E-state index contributed by atoms with van der Waals surface area (Å²) in [4.78, 5) is 10.4. The minimum absolute atomic E-state index is 0.00667. The molecular formula is C37H27N3O. The van der Waals surface area contributed by atoms with E-state index >= 15 is 0 Å². The molecular weight excluding hydrogens is 502 g/mol. The number of rotatable bonds is 4. The van der Waals surface area contributed by atoms with Crippen LogP contribution in [0.1, 0.15) is 41.0 Å². The van der Waals surface area contributed by atoms with Gasteiger partial charge < -0.3 is 9.73 Å². The molecule has 196 valence electrons. The largest absolute Gasteiger partial charge is 0.456 e. The number of aliphatic imine (C=N–C) groups is 2. The lowest BCUT2D eigenvalue weighted by Crippen LogP contribution is -2.39. The van der Waals surface area contributed by atoms with Crippen molar-refractivity contribution in [2.75, 3.05) is 0 Å². The lowest BCUT2D eigenvalue weighted by Gasteiger charge is -2.28. The van der Waals surface area contributed by atoms with Crippen LogP contribution in [0, 0.1) is 0 Å². The van der Waals surface area contributed by atoms with Crippen molar-refractivity contribution in [3.8, 4) is 11.1 Å². The maximum atomic E-state index is 6.45. The van der Waals surface area contributed by atoms with Crippen LogP contribution >= 0.6 is 0 Å². The highest BCUT2D eigenvalue weighted by Gasteiger charge is 2.32. The summed E-state index contributed by atoms with van der Waals surface area (Å²) in [7, 11) is 0. The molecule has 0 fully saturated rings. The number of benzene rings is 5. The summed E-state index contributed by atoms with van der Waals surface area (Å²) in [5.74, 6) is 2.64. The second kappa shape index (κ2) is 9.76. The summed E-state index contributed by atoms with van der Waals surface area (Å²) in [5, 5.41) is 7.21. The molecule has 0 saturated carbocycles. The van der Waals surface area contributed by atoms with Gasteiger partial charge in [0.25, 0.3) is 0 Å². The van der Waals surface area contributed by atoms with E-state index in [0.717, 1.165) is 45.9 Å². The zero-order valence-electron chi connectivity index (χ0n) is 22.4. The van der Waals surface area contributed by atoms with Crippen LogP contribution in [0.5, 0.6) is 0 Å². The van der Waals surface area contributed by atoms with E-state index in [1.807, 2.05) is 6.07 Å². The van der Waals surface area contributed by atoms with Gasteiger partial charge in [-0.25, -0.2) is 9.98 Å². The van der Waals surface area contributed by atoms with Gasteiger partial charge in [-0.3, -0.25) is 0 Å². The fraction of sp³-hybridized carbons (Fsp3) is 0.0811. The predicted octanol–water partition coefficient (Wildman–Crippen LogP) is 8.90. The number of furan rings is 1. The first-order valence-corrected chi connectivity index (χ1v) is 14.1. The van der Waals surface area contributed by atoms with Gasteiger partial charge in [-0.05, 0) is 46.0 Å². The molecule has 0 amide bonds. The van der Waals surface area contributed by atoms with Crippen molar-refractivity contribution in [3.05, 3.63) is 150 Å². The number of hydrogen-bond acceptors (Lipinski definition) is 4. The molecule has 1 aliphatic carbocycles. The van der Waals surface area contributed by atoms with Crippen LogP contribution in [0.15, 0.2) is 142 Å². The topological polar surface area (TPSA) is 49.9 Å². The van der Waals surface area contributed by atoms with Crippen LogP contribution in [0.25, 0.3) is 38.9 Å². The van der Waals surface area contributed by atoms with Gasteiger partial charge in [0, 0.05) is 22.4 Å². The zero-order valence-corrected chi connectivity index (χ0v) is 22.4. The first-order chi connectivity index (χ1) is 20.3. The first-order valence-electron chi connectivity index (χ1n) is 14.1. The molecule has 1 N–H and O–H groups in total. The Hall–Kier alpha value is -5.22. The molecule has 1 aromatic heterocycles. The molecule has 4 nitrogen and oxygen atoms in total. The van der Waals surface area contributed by atoms with Crippen molar-refractivity contribution in [2.45, 2.75) is 18.5 Å². The average Bonchev–Trinajstić information content (AvgIpc) is 3.44. The lowest BCUT2D eigenvalue weighted by molar-refractivity contribution is 0.591. The van der Waals surface area contributed by atoms with E-state index in [1.165, 1.54) is 27.5 Å². The number of allylic oxidation sites excluding steroid dienone is 1. The zero-order chi connectivity index (χ0) is 27.2. The predicted molar refractivity (Wildman–Crippen MR) is 168 cm³/mol. The van der Waals surface area contributed by atoms with Crippen molar-refractivity contribution in [2.24, 2.45) is 9.98 Å². The highest BCUT2D eigenvalue weighted by molar-refractivity contribution is 6.18. The molecule has 6 aromatic rings. The summed E-state index contributed by atoms with van der Waals surface area (Å²) in [6.45, 7) is 0. The van der Waals surface area contributed by atoms with Crippen LogP contribution in [0.3, 0.4) is 0 Å². The van der Waals surface area contributed by atoms with Crippen LogP contribution in [0.2, 0.25) is 0 Å². The van der Waals surface area contributed by atoms with E-state index in [-0.39, 0.29) is 12.1 Å². The molecule has 0 spiro atoms. The first kappa shape index (κ1) is 23.6. The number of hydrogen-bond donors (Lipinski definition) is 1. The number of nitrogens with one attached hydrogen (secondary N) is 1. The fourth-order valence-corrected chi connectivity index (χ4v) is 6.18. The summed E-state index contributed by atoms with van der Waals surface area (Å²) >= 11 is 0. The number of amidine groups is 2. The summed E-state index contributed by atoms with van der Waals surface area (Å²) in [6, 6.07) is 42.1.